The largest absolute Gasteiger partial charge is 0.462 e. The predicted octanol–water partition coefficient (Wildman–Crippen LogP) is 3.02. The molecule has 0 bridgehead atoms. The van der Waals surface area contributed by atoms with Gasteiger partial charge in [0.05, 0.1) is 16.8 Å². The Kier molecular flexibility index (Phi) is 2.72. The molecule has 0 aliphatic heterocycles. The lowest BCUT2D eigenvalue weighted by molar-refractivity contribution is 0.169. The summed E-state index contributed by atoms with van der Waals surface area (Å²) in [5.74, 6) is 0.00979. The van der Waals surface area contributed by atoms with Crippen molar-refractivity contribution >= 4 is 11.3 Å². The molecule has 21 heavy (non-hydrogen) atoms. The highest BCUT2D eigenvalue weighted by Gasteiger charge is 2.36. The second-order valence-electron chi connectivity index (χ2n) is 4.79. The van der Waals surface area contributed by atoms with Gasteiger partial charge in [0.15, 0.2) is 10.8 Å². The molecule has 106 valence electrons. The highest BCUT2D eigenvalue weighted by molar-refractivity contribution is 7.15. The van der Waals surface area contributed by atoms with Crippen molar-refractivity contribution < 1.29 is 19.0 Å². The van der Waals surface area contributed by atoms with Crippen LogP contribution in [0.25, 0.3) is 10.8 Å². The summed E-state index contributed by atoms with van der Waals surface area (Å²) in [5.41, 5.74) is 0.759. The molecular weight excluding hydrogens is 293 g/mol. The number of aromatic nitrogens is 1. The first-order chi connectivity index (χ1) is 10.2. The van der Waals surface area contributed by atoms with E-state index in [0.717, 1.165) is 0 Å². The minimum absolute atomic E-state index is 0.0915. The minimum atomic E-state index is -1.18. The fourth-order valence-corrected chi connectivity index (χ4v) is 3.67. The molecule has 0 saturated heterocycles. The number of hydrogen-bond acceptors (Lipinski definition) is 5. The van der Waals surface area contributed by atoms with Gasteiger partial charge >= 0.3 is 0 Å². The van der Waals surface area contributed by atoms with E-state index in [4.69, 9.17) is 4.42 Å². The van der Waals surface area contributed by atoms with Crippen molar-refractivity contribution in [2.45, 2.75) is 12.2 Å². The van der Waals surface area contributed by atoms with E-state index in [-0.39, 0.29) is 11.3 Å². The maximum absolute atomic E-state index is 14.0. The van der Waals surface area contributed by atoms with Crippen LogP contribution in [0.3, 0.4) is 0 Å². The van der Waals surface area contributed by atoms with Crippen molar-refractivity contribution in [3.05, 3.63) is 64.1 Å². The minimum Gasteiger partial charge on any atom is -0.462 e. The second kappa shape index (κ2) is 4.49. The van der Waals surface area contributed by atoms with Gasteiger partial charge in [-0.05, 0) is 23.8 Å². The van der Waals surface area contributed by atoms with Gasteiger partial charge < -0.3 is 14.6 Å². The average Bonchev–Trinajstić information content (AvgIpc) is 3.13. The monoisotopic (exact) mass is 303 g/mol. The standard InChI is InChI=1S/C15H10FNO3S/c16-8-4-1-3-7-10(8)13(19)11-14(12(7)18)21-15(17-11)9-5-2-6-20-9/h1-6,12-13,18-19H. The van der Waals surface area contributed by atoms with E-state index < -0.39 is 18.0 Å². The molecule has 4 nitrogen and oxygen atoms in total. The quantitative estimate of drug-likeness (QED) is 0.725. The third-order valence-electron chi connectivity index (χ3n) is 3.58. The van der Waals surface area contributed by atoms with Crippen LogP contribution in [0.5, 0.6) is 0 Å². The maximum Gasteiger partial charge on any atom is 0.162 e. The van der Waals surface area contributed by atoms with Crippen LogP contribution in [0.1, 0.15) is 33.9 Å². The first kappa shape index (κ1) is 12.7. The van der Waals surface area contributed by atoms with Crippen LogP contribution in [0.2, 0.25) is 0 Å². The Morgan fingerprint density at radius 2 is 2.00 bits per heavy atom. The fourth-order valence-electron chi connectivity index (χ4n) is 2.60. The van der Waals surface area contributed by atoms with Crippen LogP contribution in [0.4, 0.5) is 4.39 Å². The van der Waals surface area contributed by atoms with Gasteiger partial charge in [0.25, 0.3) is 0 Å². The molecule has 1 aromatic carbocycles. The van der Waals surface area contributed by atoms with Gasteiger partial charge in [-0.25, -0.2) is 9.37 Å². The molecule has 0 fully saturated rings. The molecule has 0 radical (unpaired) electrons. The summed E-state index contributed by atoms with van der Waals surface area (Å²) in [7, 11) is 0. The van der Waals surface area contributed by atoms with E-state index in [2.05, 4.69) is 4.98 Å². The molecule has 2 heterocycles. The van der Waals surface area contributed by atoms with Gasteiger partial charge in [-0.3, -0.25) is 0 Å². The highest BCUT2D eigenvalue weighted by Crippen LogP contribution is 2.45. The predicted molar refractivity (Wildman–Crippen MR) is 74.3 cm³/mol. The summed E-state index contributed by atoms with van der Waals surface area (Å²) in [6.07, 6.45) is -0.647. The van der Waals surface area contributed by atoms with Crippen molar-refractivity contribution in [2.75, 3.05) is 0 Å². The molecule has 2 N–H and O–H groups in total. The molecule has 4 rings (SSSR count). The average molecular weight is 303 g/mol. The van der Waals surface area contributed by atoms with Gasteiger partial charge in [0.1, 0.15) is 18.0 Å². The van der Waals surface area contributed by atoms with Crippen molar-refractivity contribution in [3.63, 3.8) is 0 Å². The van der Waals surface area contributed by atoms with E-state index in [1.165, 1.54) is 29.7 Å². The van der Waals surface area contributed by atoms with Gasteiger partial charge in [0.2, 0.25) is 0 Å². The Morgan fingerprint density at radius 3 is 2.76 bits per heavy atom. The third-order valence-corrected chi connectivity index (χ3v) is 4.71. The van der Waals surface area contributed by atoms with Gasteiger partial charge in [-0.15, -0.1) is 11.3 Å². The number of thiazole rings is 1. The van der Waals surface area contributed by atoms with Crippen molar-refractivity contribution in [1.82, 2.24) is 4.98 Å². The molecule has 3 aromatic rings. The summed E-state index contributed by atoms with van der Waals surface area (Å²) in [5, 5.41) is 21.4. The zero-order chi connectivity index (χ0) is 14.6. The Balaban J connectivity index is 1.91. The second-order valence-corrected chi connectivity index (χ2v) is 5.82. The molecule has 0 amide bonds. The summed E-state index contributed by atoms with van der Waals surface area (Å²) in [6.45, 7) is 0. The van der Waals surface area contributed by atoms with Crippen LogP contribution in [0.15, 0.2) is 41.0 Å². The lowest BCUT2D eigenvalue weighted by Crippen LogP contribution is -2.18. The van der Waals surface area contributed by atoms with Crippen LogP contribution in [0, 0.1) is 5.82 Å². The van der Waals surface area contributed by atoms with Crippen LogP contribution < -0.4 is 0 Å². The molecule has 0 spiro atoms. The smallest absolute Gasteiger partial charge is 0.162 e. The van der Waals surface area contributed by atoms with Crippen LogP contribution in [-0.2, 0) is 0 Å². The number of rotatable bonds is 1. The Labute approximate surface area is 123 Å². The summed E-state index contributed by atoms with van der Waals surface area (Å²) >= 11 is 1.24. The van der Waals surface area contributed by atoms with Gasteiger partial charge in [0, 0.05) is 5.56 Å². The van der Waals surface area contributed by atoms with Crippen molar-refractivity contribution in [3.8, 4) is 10.8 Å². The van der Waals surface area contributed by atoms with Crippen molar-refractivity contribution in [1.29, 1.82) is 0 Å². The summed E-state index contributed by atoms with van der Waals surface area (Å²) in [4.78, 5) is 4.83. The van der Waals surface area contributed by atoms with E-state index in [9.17, 15) is 14.6 Å². The molecule has 0 saturated carbocycles. The fraction of sp³-hybridized carbons (Fsp3) is 0.133. The lowest BCUT2D eigenvalue weighted by Gasteiger charge is -2.25. The third kappa shape index (κ3) is 1.77. The number of hydrogen-bond donors (Lipinski definition) is 2. The van der Waals surface area contributed by atoms with E-state index in [1.54, 1.807) is 18.2 Å². The topological polar surface area (TPSA) is 66.5 Å². The molecule has 2 atom stereocenters. The van der Waals surface area contributed by atoms with E-state index in [1.807, 2.05) is 0 Å². The highest BCUT2D eigenvalue weighted by atomic mass is 32.1. The number of furan rings is 1. The Hall–Kier alpha value is -2.02. The maximum atomic E-state index is 14.0. The molecule has 1 aliphatic carbocycles. The molecule has 2 aromatic heterocycles. The zero-order valence-electron chi connectivity index (χ0n) is 10.7. The summed E-state index contributed by atoms with van der Waals surface area (Å²) < 4.78 is 19.2. The lowest BCUT2D eigenvalue weighted by atomic mass is 9.89. The number of nitrogens with zero attached hydrogens (tertiary/aromatic N) is 1. The normalized spacial score (nSPS) is 20.1. The molecule has 1 aliphatic rings. The van der Waals surface area contributed by atoms with Crippen LogP contribution >= 0.6 is 11.3 Å². The SMILES string of the molecule is OC1c2cccc(F)c2C(O)c2nc(-c3ccco3)sc21. The van der Waals surface area contributed by atoms with E-state index in [0.29, 0.717) is 21.2 Å². The Morgan fingerprint density at radius 1 is 1.14 bits per heavy atom. The Bertz CT molecular complexity index is 812. The van der Waals surface area contributed by atoms with Gasteiger partial charge in [-0.1, -0.05) is 12.1 Å². The first-order valence-electron chi connectivity index (χ1n) is 6.35. The number of aliphatic hydroxyl groups is 2. The molecule has 2 unspecified atom stereocenters. The van der Waals surface area contributed by atoms with Crippen molar-refractivity contribution in [2.24, 2.45) is 0 Å². The molecular formula is C15H10FNO3S. The number of halogens is 1. The van der Waals surface area contributed by atoms with Gasteiger partial charge in [-0.2, -0.15) is 0 Å². The molecule has 6 heteroatoms. The first-order valence-corrected chi connectivity index (χ1v) is 7.17. The van der Waals surface area contributed by atoms with Crippen LogP contribution in [-0.4, -0.2) is 15.2 Å². The summed E-state index contributed by atoms with van der Waals surface area (Å²) in [6, 6.07) is 7.87. The number of benzene rings is 1. The number of fused-ring (bicyclic) bond motifs is 2. The van der Waals surface area contributed by atoms with E-state index >= 15 is 0 Å². The zero-order valence-corrected chi connectivity index (χ0v) is 11.5. The number of aliphatic hydroxyl groups excluding tert-OH is 2.